The second kappa shape index (κ2) is 8.85. The minimum absolute atomic E-state index is 0.607. The summed E-state index contributed by atoms with van der Waals surface area (Å²) in [7, 11) is 2.00. The third kappa shape index (κ3) is 5.18. The maximum Gasteiger partial charge on any atom is 0.256 e. The number of aliphatic carboxylic acids is 1. The molecular formula is C17H30N2O2. The van der Waals surface area contributed by atoms with Crippen LogP contribution in [0.25, 0.3) is 0 Å². The molecule has 0 aromatic carbocycles. The fourth-order valence-electron chi connectivity index (χ4n) is 2.73. The van der Waals surface area contributed by atoms with Gasteiger partial charge in [0.25, 0.3) is 5.82 Å². The number of carboxylic acid groups (broad SMARTS) is 1. The number of hydrogen-bond acceptors (Lipinski definition) is 2. The van der Waals surface area contributed by atoms with E-state index in [1.54, 1.807) is 6.92 Å². The lowest BCUT2D eigenvalue weighted by molar-refractivity contribution is -0.719. The van der Waals surface area contributed by atoms with E-state index >= 15 is 0 Å². The Kier molecular flexibility index (Phi) is 7.48. The summed E-state index contributed by atoms with van der Waals surface area (Å²) in [6.07, 6.45) is 11.7. The van der Waals surface area contributed by atoms with E-state index in [1.165, 1.54) is 38.5 Å². The summed E-state index contributed by atoms with van der Waals surface area (Å²) < 4.78 is 3.94. The predicted molar refractivity (Wildman–Crippen MR) is 81.8 cm³/mol. The summed E-state index contributed by atoms with van der Waals surface area (Å²) in [5.41, 5.74) is 1.08. The van der Waals surface area contributed by atoms with Gasteiger partial charge in [-0.25, -0.2) is 9.13 Å². The average molecular weight is 294 g/mol. The highest BCUT2D eigenvalue weighted by Crippen LogP contribution is 2.11. The lowest BCUT2D eigenvalue weighted by Gasteiger charge is -2.11. The van der Waals surface area contributed by atoms with Crippen molar-refractivity contribution in [3.63, 3.8) is 0 Å². The normalized spacial score (nSPS) is 12.6. The number of nitrogens with zero attached hydrogens (tertiary/aromatic N) is 2. The van der Waals surface area contributed by atoms with Crippen LogP contribution < -0.4 is 9.67 Å². The second-order valence-corrected chi connectivity index (χ2v) is 6.02. The molecule has 1 atom stereocenters. The summed E-state index contributed by atoms with van der Waals surface area (Å²) in [5, 5.41) is 11.1. The van der Waals surface area contributed by atoms with Crippen molar-refractivity contribution >= 4 is 5.97 Å². The highest BCUT2D eigenvalue weighted by molar-refractivity contribution is 5.66. The molecule has 0 saturated carbocycles. The molecule has 120 valence electrons. The highest BCUT2D eigenvalue weighted by Gasteiger charge is 2.22. The molecule has 1 aromatic heterocycles. The maximum atomic E-state index is 11.1. The van der Waals surface area contributed by atoms with Crippen LogP contribution in [-0.4, -0.2) is 10.5 Å². The van der Waals surface area contributed by atoms with Crippen molar-refractivity contribution < 1.29 is 14.5 Å². The van der Waals surface area contributed by atoms with Gasteiger partial charge in [0.05, 0.1) is 13.0 Å². The first-order valence-corrected chi connectivity index (χ1v) is 8.26. The fourth-order valence-corrected chi connectivity index (χ4v) is 2.73. The third-order valence-corrected chi connectivity index (χ3v) is 4.30. The summed E-state index contributed by atoms with van der Waals surface area (Å²) in [6, 6.07) is -0.607. The quantitative estimate of drug-likeness (QED) is 0.491. The summed E-state index contributed by atoms with van der Waals surface area (Å²) in [4.78, 5) is 11.1. The van der Waals surface area contributed by atoms with Crippen LogP contribution in [0.2, 0.25) is 0 Å². The zero-order chi connectivity index (χ0) is 15.8. The van der Waals surface area contributed by atoms with Gasteiger partial charge in [0, 0.05) is 13.3 Å². The largest absolute Gasteiger partial charge is 0.546 e. The topological polar surface area (TPSA) is 48.9 Å². The van der Waals surface area contributed by atoms with Gasteiger partial charge in [-0.05, 0) is 13.3 Å². The maximum absolute atomic E-state index is 11.1. The smallest absolute Gasteiger partial charge is 0.256 e. The molecule has 0 spiro atoms. The highest BCUT2D eigenvalue weighted by atomic mass is 16.4. The molecule has 21 heavy (non-hydrogen) atoms. The number of unbranched alkanes of at least 4 members (excludes halogenated alkanes) is 6. The van der Waals surface area contributed by atoms with Crippen LogP contribution in [0, 0.1) is 6.92 Å². The van der Waals surface area contributed by atoms with Gasteiger partial charge in [-0.15, -0.1) is 0 Å². The SMILES string of the molecule is CCCCCCCCCc1n(C)c(C)c[n+]1C(C)C(=O)[O-]. The van der Waals surface area contributed by atoms with E-state index in [0.717, 1.165) is 24.4 Å². The molecule has 1 unspecified atom stereocenters. The molecule has 0 amide bonds. The first-order valence-electron chi connectivity index (χ1n) is 8.26. The van der Waals surface area contributed by atoms with Gasteiger partial charge in [-0.1, -0.05) is 45.4 Å². The van der Waals surface area contributed by atoms with Crippen molar-refractivity contribution in [3.05, 3.63) is 17.7 Å². The van der Waals surface area contributed by atoms with Crippen LogP contribution >= 0.6 is 0 Å². The van der Waals surface area contributed by atoms with E-state index < -0.39 is 12.0 Å². The van der Waals surface area contributed by atoms with Crippen LogP contribution in [0.3, 0.4) is 0 Å². The number of carbonyl (C=O) groups excluding carboxylic acids is 1. The Morgan fingerprint density at radius 3 is 2.38 bits per heavy atom. The number of rotatable bonds is 10. The number of hydrogen-bond donors (Lipinski definition) is 0. The molecule has 0 radical (unpaired) electrons. The molecular weight excluding hydrogens is 264 g/mol. The van der Waals surface area contributed by atoms with E-state index in [1.807, 2.05) is 24.7 Å². The van der Waals surface area contributed by atoms with Crippen molar-refractivity contribution in [1.82, 2.24) is 4.57 Å². The van der Waals surface area contributed by atoms with Gasteiger partial charge < -0.3 is 9.90 Å². The van der Waals surface area contributed by atoms with E-state index in [0.29, 0.717) is 0 Å². The Morgan fingerprint density at radius 2 is 1.81 bits per heavy atom. The Bertz CT molecular complexity index is 452. The monoisotopic (exact) mass is 294 g/mol. The lowest BCUT2D eigenvalue weighted by atomic mass is 10.1. The molecule has 4 nitrogen and oxygen atoms in total. The minimum Gasteiger partial charge on any atom is -0.546 e. The molecule has 4 heteroatoms. The lowest BCUT2D eigenvalue weighted by Crippen LogP contribution is -2.49. The molecule has 0 aliphatic carbocycles. The van der Waals surface area contributed by atoms with Crippen molar-refractivity contribution in [2.24, 2.45) is 7.05 Å². The molecule has 0 bridgehead atoms. The van der Waals surface area contributed by atoms with Gasteiger partial charge in [0.15, 0.2) is 0 Å². The molecule has 1 aromatic rings. The molecule has 0 aliphatic rings. The molecule has 0 fully saturated rings. The number of carboxylic acids is 1. The number of aromatic nitrogens is 2. The Hall–Kier alpha value is -1.32. The second-order valence-electron chi connectivity index (χ2n) is 6.02. The molecule has 1 heterocycles. The zero-order valence-electron chi connectivity index (χ0n) is 14.0. The zero-order valence-corrected chi connectivity index (χ0v) is 14.0. The van der Waals surface area contributed by atoms with Gasteiger partial charge in [0.2, 0.25) is 0 Å². The van der Waals surface area contributed by atoms with E-state index in [2.05, 4.69) is 11.5 Å². The van der Waals surface area contributed by atoms with Crippen molar-refractivity contribution in [1.29, 1.82) is 0 Å². The van der Waals surface area contributed by atoms with Crippen molar-refractivity contribution in [2.45, 2.75) is 78.2 Å². The summed E-state index contributed by atoms with van der Waals surface area (Å²) in [6.45, 7) is 5.92. The van der Waals surface area contributed by atoms with E-state index in [4.69, 9.17) is 0 Å². The van der Waals surface area contributed by atoms with Gasteiger partial charge in [-0.3, -0.25) is 0 Å². The van der Waals surface area contributed by atoms with Crippen molar-refractivity contribution in [3.8, 4) is 0 Å². The van der Waals surface area contributed by atoms with E-state index in [-0.39, 0.29) is 0 Å². The average Bonchev–Trinajstić information content (AvgIpc) is 2.73. The van der Waals surface area contributed by atoms with Crippen LogP contribution in [0.4, 0.5) is 0 Å². The predicted octanol–water partition coefficient (Wildman–Crippen LogP) is 2.23. The third-order valence-electron chi connectivity index (χ3n) is 4.30. The van der Waals surface area contributed by atoms with E-state index in [9.17, 15) is 9.90 Å². The Balaban J connectivity index is 2.52. The summed E-state index contributed by atoms with van der Waals surface area (Å²) in [5.74, 6) is 0.0594. The molecule has 0 saturated heterocycles. The molecule has 1 rings (SSSR count). The van der Waals surface area contributed by atoms with Gasteiger partial charge in [-0.2, -0.15) is 0 Å². The van der Waals surface area contributed by atoms with Crippen LogP contribution in [0.15, 0.2) is 6.20 Å². The minimum atomic E-state index is -1.02. The number of carbonyl (C=O) groups is 1. The first-order chi connectivity index (χ1) is 9.99. The first kappa shape index (κ1) is 17.7. The van der Waals surface area contributed by atoms with Crippen LogP contribution in [-0.2, 0) is 18.3 Å². The Labute approximate surface area is 128 Å². The summed E-state index contributed by atoms with van der Waals surface area (Å²) >= 11 is 0. The molecule has 0 aliphatic heterocycles. The molecule has 0 N–H and O–H groups in total. The standard InChI is InChI=1S/C17H30N2O2/c1-5-6-7-8-9-10-11-12-16-18(4)14(2)13-19(16)15(3)17(20)21/h13,15H,5-12H2,1-4H3. The number of imidazole rings is 1. The van der Waals surface area contributed by atoms with Crippen molar-refractivity contribution in [2.75, 3.05) is 0 Å². The van der Waals surface area contributed by atoms with Gasteiger partial charge >= 0.3 is 0 Å². The van der Waals surface area contributed by atoms with Crippen LogP contribution in [0.5, 0.6) is 0 Å². The van der Waals surface area contributed by atoms with Crippen LogP contribution in [0.1, 0.15) is 76.4 Å². The Morgan fingerprint density at radius 1 is 1.24 bits per heavy atom. The van der Waals surface area contributed by atoms with Gasteiger partial charge in [0.1, 0.15) is 17.9 Å². The number of aryl methyl sites for hydroxylation is 1. The fraction of sp³-hybridized carbons (Fsp3) is 0.765.